The van der Waals surface area contributed by atoms with Crippen molar-refractivity contribution < 1.29 is 9.63 Å². The second kappa shape index (κ2) is 4.97. The molecule has 1 aromatic heterocycles. The number of nitrogens with one attached hydrogen (secondary N) is 1. The number of hydrogen-bond donors (Lipinski definition) is 2. The standard InChI is InChI=1S/C12H15N3O2/c1-8(10-3-5-11(16)6-4-10)13-7-12-14-9(2)17-15-12/h3-6,8,13,16H,7H2,1-2H3. The number of hydrogen-bond acceptors (Lipinski definition) is 5. The number of phenols is 1. The fourth-order valence-corrected chi connectivity index (χ4v) is 1.54. The Kier molecular flexibility index (Phi) is 3.39. The Hall–Kier alpha value is -1.88. The van der Waals surface area contributed by atoms with Crippen LogP contribution in [0.5, 0.6) is 5.75 Å². The monoisotopic (exact) mass is 233 g/mol. The molecule has 0 saturated heterocycles. The second-order valence-electron chi connectivity index (χ2n) is 3.92. The van der Waals surface area contributed by atoms with Gasteiger partial charge < -0.3 is 14.9 Å². The van der Waals surface area contributed by atoms with Crippen LogP contribution in [0.3, 0.4) is 0 Å². The summed E-state index contributed by atoms with van der Waals surface area (Å²) in [6.07, 6.45) is 0. The molecule has 5 nitrogen and oxygen atoms in total. The molecule has 17 heavy (non-hydrogen) atoms. The Bertz CT molecular complexity index is 479. The van der Waals surface area contributed by atoms with E-state index in [0.29, 0.717) is 18.3 Å². The molecule has 2 N–H and O–H groups in total. The molecule has 1 atom stereocenters. The van der Waals surface area contributed by atoms with Crippen LogP contribution in [-0.2, 0) is 6.54 Å². The van der Waals surface area contributed by atoms with Crippen LogP contribution < -0.4 is 5.32 Å². The minimum Gasteiger partial charge on any atom is -0.508 e. The SMILES string of the molecule is Cc1nc(CNC(C)c2ccc(O)cc2)no1. The molecule has 0 fully saturated rings. The van der Waals surface area contributed by atoms with Crippen LogP contribution >= 0.6 is 0 Å². The summed E-state index contributed by atoms with van der Waals surface area (Å²) in [6, 6.07) is 7.27. The van der Waals surface area contributed by atoms with Gasteiger partial charge in [-0.1, -0.05) is 17.3 Å². The minimum atomic E-state index is 0.161. The van der Waals surface area contributed by atoms with Gasteiger partial charge in [0.25, 0.3) is 0 Å². The van der Waals surface area contributed by atoms with Crippen LogP contribution in [0, 0.1) is 6.92 Å². The lowest BCUT2D eigenvalue weighted by Gasteiger charge is -2.12. The predicted octanol–water partition coefficient (Wildman–Crippen LogP) is 1.93. The van der Waals surface area contributed by atoms with E-state index in [1.54, 1.807) is 19.1 Å². The third kappa shape index (κ3) is 3.04. The van der Waals surface area contributed by atoms with Crippen molar-refractivity contribution in [1.29, 1.82) is 0 Å². The van der Waals surface area contributed by atoms with Crippen molar-refractivity contribution in [2.24, 2.45) is 0 Å². The Morgan fingerprint density at radius 2 is 2.06 bits per heavy atom. The number of aromatic nitrogens is 2. The average molecular weight is 233 g/mol. The molecule has 0 amide bonds. The molecule has 0 bridgehead atoms. The molecule has 2 rings (SSSR count). The highest BCUT2D eigenvalue weighted by atomic mass is 16.5. The Morgan fingerprint density at radius 1 is 1.35 bits per heavy atom. The maximum Gasteiger partial charge on any atom is 0.223 e. The molecule has 2 aromatic rings. The normalized spacial score (nSPS) is 12.6. The molecule has 0 radical (unpaired) electrons. The first-order chi connectivity index (χ1) is 8.15. The van der Waals surface area contributed by atoms with Gasteiger partial charge >= 0.3 is 0 Å². The third-order valence-corrected chi connectivity index (χ3v) is 2.53. The van der Waals surface area contributed by atoms with Crippen LogP contribution in [0.4, 0.5) is 0 Å². The van der Waals surface area contributed by atoms with Crippen molar-refractivity contribution in [2.45, 2.75) is 26.4 Å². The van der Waals surface area contributed by atoms with E-state index in [4.69, 9.17) is 4.52 Å². The molecular formula is C12H15N3O2. The highest BCUT2D eigenvalue weighted by molar-refractivity contribution is 5.27. The number of phenolic OH excluding ortho intramolecular Hbond substituents is 1. The zero-order chi connectivity index (χ0) is 12.3. The number of aryl methyl sites for hydroxylation is 1. The van der Waals surface area contributed by atoms with Gasteiger partial charge in [0.1, 0.15) is 5.75 Å². The first-order valence-corrected chi connectivity index (χ1v) is 5.46. The maximum absolute atomic E-state index is 9.20. The highest BCUT2D eigenvalue weighted by Gasteiger charge is 2.07. The van der Waals surface area contributed by atoms with Crippen LogP contribution in [0.25, 0.3) is 0 Å². The van der Waals surface area contributed by atoms with E-state index >= 15 is 0 Å². The van der Waals surface area contributed by atoms with Gasteiger partial charge in [0.2, 0.25) is 5.89 Å². The number of benzene rings is 1. The fraction of sp³-hybridized carbons (Fsp3) is 0.333. The van der Waals surface area contributed by atoms with Crippen LogP contribution in [-0.4, -0.2) is 15.2 Å². The Morgan fingerprint density at radius 3 is 2.65 bits per heavy atom. The molecule has 1 heterocycles. The van der Waals surface area contributed by atoms with Crippen LogP contribution in [0.1, 0.15) is 30.2 Å². The lowest BCUT2D eigenvalue weighted by atomic mass is 10.1. The predicted molar refractivity (Wildman–Crippen MR) is 62.4 cm³/mol. The minimum absolute atomic E-state index is 0.161. The van der Waals surface area contributed by atoms with E-state index in [0.717, 1.165) is 5.56 Å². The zero-order valence-electron chi connectivity index (χ0n) is 9.84. The zero-order valence-corrected chi connectivity index (χ0v) is 9.84. The molecule has 0 saturated carbocycles. The fourth-order valence-electron chi connectivity index (χ4n) is 1.54. The van der Waals surface area contributed by atoms with Gasteiger partial charge in [-0.2, -0.15) is 4.98 Å². The van der Waals surface area contributed by atoms with Gasteiger partial charge in [-0.05, 0) is 24.6 Å². The van der Waals surface area contributed by atoms with Gasteiger partial charge in [-0.3, -0.25) is 0 Å². The largest absolute Gasteiger partial charge is 0.508 e. The summed E-state index contributed by atoms with van der Waals surface area (Å²) in [5.74, 6) is 1.49. The van der Waals surface area contributed by atoms with E-state index < -0.39 is 0 Å². The average Bonchev–Trinajstić information content (AvgIpc) is 2.73. The first-order valence-electron chi connectivity index (χ1n) is 5.46. The topological polar surface area (TPSA) is 71.2 Å². The van der Waals surface area contributed by atoms with Crippen LogP contribution in [0.15, 0.2) is 28.8 Å². The second-order valence-corrected chi connectivity index (χ2v) is 3.92. The molecular weight excluding hydrogens is 218 g/mol. The lowest BCUT2D eigenvalue weighted by molar-refractivity contribution is 0.384. The number of aromatic hydroxyl groups is 1. The maximum atomic E-state index is 9.20. The summed E-state index contributed by atoms with van der Waals surface area (Å²) in [7, 11) is 0. The van der Waals surface area contributed by atoms with Gasteiger partial charge in [-0.15, -0.1) is 0 Å². The number of rotatable bonds is 4. The van der Waals surface area contributed by atoms with E-state index in [-0.39, 0.29) is 11.8 Å². The van der Waals surface area contributed by atoms with Gasteiger partial charge in [-0.25, -0.2) is 0 Å². The summed E-state index contributed by atoms with van der Waals surface area (Å²) < 4.78 is 4.88. The van der Waals surface area contributed by atoms with Crippen molar-refractivity contribution in [3.8, 4) is 5.75 Å². The smallest absolute Gasteiger partial charge is 0.223 e. The molecule has 0 aliphatic carbocycles. The Balaban J connectivity index is 1.93. The van der Waals surface area contributed by atoms with Crippen molar-refractivity contribution in [3.05, 3.63) is 41.5 Å². The lowest BCUT2D eigenvalue weighted by Crippen LogP contribution is -2.18. The summed E-state index contributed by atoms with van der Waals surface area (Å²) in [6.45, 7) is 4.36. The first kappa shape index (κ1) is 11.6. The molecule has 1 unspecified atom stereocenters. The molecule has 1 aromatic carbocycles. The number of nitrogens with zero attached hydrogens (tertiary/aromatic N) is 2. The summed E-state index contributed by atoms with van der Waals surface area (Å²) in [4.78, 5) is 4.11. The summed E-state index contributed by atoms with van der Waals surface area (Å²) >= 11 is 0. The van der Waals surface area contributed by atoms with Gasteiger partial charge in [0, 0.05) is 13.0 Å². The molecule has 0 aliphatic rings. The van der Waals surface area contributed by atoms with Crippen molar-refractivity contribution in [3.63, 3.8) is 0 Å². The highest BCUT2D eigenvalue weighted by Crippen LogP contribution is 2.16. The summed E-state index contributed by atoms with van der Waals surface area (Å²) in [5, 5.41) is 16.3. The van der Waals surface area contributed by atoms with E-state index in [1.165, 1.54) is 0 Å². The van der Waals surface area contributed by atoms with Gasteiger partial charge in [0.05, 0.1) is 6.54 Å². The van der Waals surface area contributed by atoms with Crippen LogP contribution in [0.2, 0.25) is 0 Å². The quantitative estimate of drug-likeness (QED) is 0.844. The molecule has 0 aliphatic heterocycles. The third-order valence-electron chi connectivity index (χ3n) is 2.53. The molecule has 0 spiro atoms. The van der Waals surface area contributed by atoms with E-state index in [9.17, 15) is 5.11 Å². The molecule has 90 valence electrons. The molecule has 5 heteroatoms. The van der Waals surface area contributed by atoms with E-state index in [2.05, 4.69) is 15.5 Å². The van der Waals surface area contributed by atoms with Crippen molar-refractivity contribution in [2.75, 3.05) is 0 Å². The summed E-state index contributed by atoms with van der Waals surface area (Å²) in [5.41, 5.74) is 1.10. The van der Waals surface area contributed by atoms with Crippen molar-refractivity contribution in [1.82, 2.24) is 15.5 Å². The van der Waals surface area contributed by atoms with Crippen molar-refractivity contribution >= 4 is 0 Å². The Labute approximate surface area is 99.5 Å². The van der Waals surface area contributed by atoms with E-state index in [1.807, 2.05) is 19.1 Å². The van der Waals surface area contributed by atoms with Gasteiger partial charge in [0.15, 0.2) is 5.82 Å².